The van der Waals surface area contributed by atoms with E-state index in [9.17, 15) is 14.0 Å². The molecule has 23 heavy (non-hydrogen) atoms. The molecule has 118 valence electrons. The fraction of sp³-hybridized carbons (Fsp3) is 0. The summed E-state index contributed by atoms with van der Waals surface area (Å²) < 4.78 is 13.4. The van der Waals surface area contributed by atoms with E-state index in [0.717, 1.165) is 6.07 Å². The van der Waals surface area contributed by atoms with Crippen LogP contribution in [0.5, 0.6) is 0 Å². The van der Waals surface area contributed by atoms with Crippen molar-refractivity contribution in [3.05, 3.63) is 63.9 Å². The smallest absolute Gasteiger partial charge is 0.315 e. The van der Waals surface area contributed by atoms with Gasteiger partial charge in [0.15, 0.2) is 0 Å². The minimum absolute atomic E-state index is 0.0997. The first kappa shape index (κ1) is 16.9. The van der Waals surface area contributed by atoms with E-state index in [4.69, 9.17) is 23.2 Å². The number of halogens is 3. The Morgan fingerprint density at radius 2 is 1.83 bits per heavy atom. The molecule has 2 N–H and O–H groups in total. The molecule has 2 amide bonds. The summed E-state index contributed by atoms with van der Waals surface area (Å²) in [5.74, 6) is -2.74. The first-order chi connectivity index (χ1) is 11.0. The molecule has 0 saturated carbocycles. The van der Waals surface area contributed by atoms with Gasteiger partial charge in [-0.05, 0) is 24.3 Å². The summed E-state index contributed by atoms with van der Waals surface area (Å²) in [7, 11) is 0. The van der Waals surface area contributed by atoms with Gasteiger partial charge in [-0.1, -0.05) is 41.4 Å². The third-order valence-corrected chi connectivity index (χ3v) is 3.22. The number of para-hydroxylation sites is 1. The maximum absolute atomic E-state index is 13.4. The third-order valence-electron chi connectivity index (χ3n) is 2.66. The van der Waals surface area contributed by atoms with E-state index in [2.05, 4.69) is 10.4 Å². The van der Waals surface area contributed by atoms with Gasteiger partial charge in [0.05, 0.1) is 16.9 Å². The van der Waals surface area contributed by atoms with Crippen molar-refractivity contribution < 1.29 is 14.0 Å². The molecule has 0 fully saturated rings. The lowest BCUT2D eigenvalue weighted by atomic mass is 10.2. The molecule has 0 saturated heterocycles. The van der Waals surface area contributed by atoms with Crippen LogP contribution in [0.15, 0.2) is 47.6 Å². The second-order valence-electron chi connectivity index (χ2n) is 4.30. The summed E-state index contributed by atoms with van der Waals surface area (Å²) >= 11 is 11.7. The molecule has 2 aromatic carbocycles. The summed E-state index contributed by atoms with van der Waals surface area (Å²) in [5, 5.41) is 6.54. The molecular formula is C15H10Cl2FN3O2. The molecule has 0 spiro atoms. The summed E-state index contributed by atoms with van der Waals surface area (Å²) in [4.78, 5) is 23.2. The Bertz CT molecular complexity index is 781. The molecule has 2 rings (SSSR count). The number of carbonyl (C=O) groups is 2. The van der Waals surface area contributed by atoms with E-state index in [0.29, 0.717) is 15.6 Å². The van der Waals surface area contributed by atoms with Crippen LogP contribution in [0.2, 0.25) is 10.0 Å². The van der Waals surface area contributed by atoms with Gasteiger partial charge in [0.2, 0.25) is 0 Å². The summed E-state index contributed by atoms with van der Waals surface area (Å²) in [6.45, 7) is 0. The molecular weight excluding hydrogens is 344 g/mol. The number of benzene rings is 2. The predicted octanol–water partition coefficient (Wildman–Crippen LogP) is 3.22. The number of nitrogens with zero attached hydrogens (tertiary/aromatic N) is 1. The lowest BCUT2D eigenvalue weighted by molar-refractivity contribution is -0.136. The van der Waals surface area contributed by atoms with E-state index >= 15 is 0 Å². The molecule has 8 heteroatoms. The number of hydrogen-bond acceptors (Lipinski definition) is 3. The second kappa shape index (κ2) is 7.71. The Hall–Kier alpha value is -2.44. The van der Waals surface area contributed by atoms with E-state index in [1.165, 1.54) is 30.5 Å². The fourth-order valence-corrected chi connectivity index (χ4v) is 2.02. The first-order valence-corrected chi connectivity index (χ1v) is 7.07. The van der Waals surface area contributed by atoms with Crippen molar-refractivity contribution >= 4 is 46.9 Å². The molecule has 0 unspecified atom stereocenters. The lowest BCUT2D eigenvalue weighted by Gasteiger charge is -2.04. The summed E-state index contributed by atoms with van der Waals surface area (Å²) in [5.41, 5.74) is 2.42. The average Bonchev–Trinajstić information content (AvgIpc) is 2.51. The molecule has 0 bridgehead atoms. The Morgan fingerprint density at radius 3 is 2.52 bits per heavy atom. The molecule has 0 aliphatic carbocycles. The van der Waals surface area contributed by atoms with Crippen molar-refractivity contribution in [1.29, 1.82) is 0 Å². The summed E-state index contributed by atoms with van der Waals surface area (Å²) in [6.07, 6.45) is 1.26. The van der Waals surface area contributed by atoms with Crippen LogP contribution in [0, 0.1) is 5.82 Å². The standard InChI is InChI=1S/C15H10Cl2FN3O2/c16-10-6-5-9(11(17)7-10)8-19-21-15(23)14(22)20-13-4-2-1-3-12(13)18/h1-8H,(H,20,22)(H,21,23)/b19-8-. The molecule has 0 atom stereocenters. The minimum Gasteiger partial charge on any atom is -0.315 e. The maximum atomic E-state index is 13.4. The Balaban J connectivity index is 1.95. The van der Waals surface area contributed by atoms with Crippen LogP contribution in [0.4, 0.5) is 10.1 Å². The van der Waals surface area contributed by atoms with Gasteiger partial charge in [-0.15, -0.1) is 0 Å². The minimum atomic E-state index is -1.05. The number of hydrazone groups is 1. The second-order valence-corrected chi connectivity index (χ2v) is 5.14. The van der Waals surface area contributed by atoms with Crippen LogP contribution >= 0.6 is 23.2 Å². The number of carbonyl (C=O) groups excluding carboxylic acids is 2. The SMILES string of the molecule is O=C(N/N=C\c1ccc(Cl)cc1Cl)C(=O)Nc1ccccc1F. The Labute approximate surface area is 141 Å². The third kappa shape index (κ3) is 4.77. The molecule has 2 aromatic rings. The van der Waals surface area contributed by atoms with E-state index in [-0.39, 0.29) is 5.69 Å². The van der Waals surface area contributed by atoms with Crippen molar-refractivity contribution in [2.45, 2.75) is 0 Å². The van der Waals surface area contributed by atoms with Gasteiger partial charge in [0.25, 0.3) is 0 Å². The van der Waals surface area contributed by atoms with Crippen molar-refractivity contribution in [2.75, 3.05) is 5.32 Å². The molecule has 0 radical (unpaired) electrons. The lowest BCUT2D eigenvalue weighted by Crippen LogP contribution is -2.32. The predicted molar refractivity (Wildman–Crippen MR) is 87.2 cm³/mol. The molecule has 0 aliphatic rings. The monoisotopic (exact) mass is 353 g/mol. The number of hydrogen-bond donors (Lipinski definition) is 2. The number of anilines is 1. The van der Waals surface area contributed by atoms with Crippen molar-refractivity contribution in [2.24, 2.45) is 5.10 Å². The van der Waals surface area contributed by atoms with Gasteiger partial charge >= 0.3 is 11.8 Å². The zero-order valence-corrected chi connectivity index (χ0v) is 13.0. The van der Waals surface area contributed by atoms with E-state index in [1.54, 1.807) is 12.1 Å². The fourth-order valence-electron chi connectivity index (χ4n) is 1.56. The van der Waals surface area contributed by atoms with E-state index in [1.807, 2.05) is 5.43 Å². The van der Waals surface area contributed by atoms with Crippen molar-refractivity contribution in [3.63, 3.8) is 0 Å². The zero-order valence-electron chi connectivity index (χ0n) is 11.5. The maximum Gasteiger partial charge on any atom is 0.329 e. The number of nitrogens with one attached hydrogen (secondary N) is 2. The number of rotatable bonds is 3. The normalized spacial score (nSPS) is 10.6. The molecule has 5 nitrogen and oxygen atoms in total. The molecule has 0 aromatic heterocycles. The quantitative estimate of drug-likeness (QED) is 0.505. The van der Waals surface area contributed by atoms with Gasteiger partial charge in [-0.2, -0.15) is 5.10 Å². The largest absolute Gasteiger partial charge is 0.329 e. The van der Waals surface area contributed by atoms with Crippen molar-refractivity contribution in [3.8, 4) is 0 Å². The van der Waals surface area contributed by atoms with Gasteiger partial charge in [0.1, 0.15) is 5.82 Å². The Morgan fingerprint density at radius 1 is 1.09 bits per heavy atom. The highest BCUT2D eigenvalue weighted by Gasteiger charge is 2.14. The first-order valence-electron chi connectivity index (χ1n) is 6.31. The van der Waals surface area contributed by atoms with Gasteiger partial charge < -0.3 is 5.32 Å². The molecule has 0 aliphatic heterocycles. The van der Waals surface area contributed by atoms with Crippen LogP contribution in [0.3, 0.4) is 0 Å². The molecule has 0 heterocycles. The zero-order chi connectivity index (χ0) is 16.8. The van der Waals surface area contributed by atoms with E-state index < -0.39 is 17.6 Å². The average molecular weight is 354 g/mol. The Kier molecular flexibility index (Phi) is 5.67. The highest BCUT2D eigenvalue weighted by Crippen LogP contribution is 2.19. The van der Waals surface area contributed by atoms with Gasteiger partial charge in [0, 0.05) is 10.6 Å². The van der Waals surface area contributed by atoms with Crippen LogP contribution in [-0.4, -0.2) is 18.0 Å². The van der Waals surface area contributed by atoms with Crippen LogP contribution in [0.25, 0.3) is 0 Å². The van der Waals surface area contributed by atoms with Gasteiger partial charge in [-0.25, -0.2) is 9.82 Å². The highest BCUT2D eigenvalue weighted by atomic mass is 35.5. The highest BCUT2D eigenvalue weighted by molar-refractivity contribution is 6.39. The van der Waals surface area contributed by atoms with Crippen molar-refractivity contribution in [1.82, 2.24) is 5.43 Å². The summed E-state index contributed by atoms with van der Waals surface area (Å²) in [6, 6.07) is 10.2. The number of amides is 2. The van der Waals surface area contributed by atoms with Crippen LogP contribution in [0.1, 0.15) is 5.56 Å². The topological polar surface area (TPSA) is 70.6 Å². The van der Waals surface area contributed by atoms with Crippen LogP contribution < -0.4 is 10.7 Å². The van der Waals surface area contributed by atoms with Crippen LogP contribution in [-0.2, 0) is 9.59 Å². The van der Waals surface area contributed by atoms with Gasteiger partial charge in [-0.3, -0.25) is 9.59 Å².